The number of alkyl halides is 3. The molecule has 2 rings (SSSR count). The third-order valence-corrected chi connectivity index (χ3v) is 2.45. The molecule has 100 valence electrons. The molecule has 1 aromatic carbocycles. The zero-order chi connectivity index (χ0) is 14.2. The van der Waals surface area contributed by atoms with Crippen molar-refractivity contribution in [1.29, 1.82) is 0 Å². The number of para-hydroxylation sites is 1. The molecule has 2 aromatic rings. The summed E-state index contributed by atoms with van der Waals surface area (Å²) in [6.45, 7) is 0. The van der Waals surface area contributed by atoms with Crippen LogP contribution in [0.15, 0.2) is 24.3 Å². The predicted octanol–water partition coefficient (Wildman–Crippen LogP) is 2.64. The summed E-state index contributed by atoms with van der Waals surface area (Å²) >= 11 is 5.50. The molecule has 0 bridgehead atoms. The van der Waals surface area contributed by atoms with Gasteiger partial charge in [-0.05, 0) is 12.1 Å². The van der Waals surface area contributed by atoms with E-state index in [1.54, 1.807) is 0 Å². The van der Waals surface area contributed by atoms with Gasteiger partial charge in [0.05, 0.1) is 11.3 Å². The van der Waals surface area contributed by atoms with Crippen LogP contribution in [-0.4, -0.2) is 26.1 Å². The van der Waals surface area contributed by atoms with Crippen molar-refractivity contribution in [2.75, 3.05) is 0 Å². The van der Waals surface area contributed by atoms with E-state index in [4.69, 9.17) is 16.7 Å². The Balaban J connectivity index is 2.60. The Bertz CT molecular complexity index is 639. The number of nitrogens with zero attached hydrogens (tertiary/aromatic N) is 3. The topological polar surface area (TPSA) is 68.0 Å². The van der Waals surface area contributed by atoms with E-state index in [0.29, 0.717) is 4.80 Å². The van der Waals surface area contributed by atoms with Crippen molar-refractivity contribution in [3.8, 4) is 5.69 Å². The van der Waals surface area contributed by atoms with Gasteiger partial charge >= 0.3 is 12.1 Å². The van der Waals surface area contributed by atoms with Crippen molar-refractivity contribution in [1.82, 2.24) is 15.0 Å². The van der Waals surface area contributed by atoms with Crippen LogP contribution in [0.25, 0.3) is 5.69 Å². The van der Waals surface area contributed by atoms with Gasteiger partial charge in [-0.1, -0.05) is 23.7 Å². The number of hydrogen-bond donors (Lipinski definition) is 1. The summed E-state index contributed by atoms with van der Waals surface area (Å²) in [5, 5.41) is 15.1. The molecule has 0 spiro atoms. The van der Waals surface area contributed by atoms with Crippen molar-refractivity contribution in [2.24, 2.45) is 0 Å². The van der Waals surface area contributed by atoms with Gasteiger partial charge < -0.3 is 5.11 Å². The molecule has 0 saturated carbocycles. The van der Waals surface area contributed by atoms with Crippen LogP contribution in [0.2, 0.25) is 5.15 Å². The van der Waals surface area contributed by atoms with Gasteiger partial charge in [-0.3, -0.25) is 0 Å². The normalized spacial score (nSPS) is 11.6. The Morgan fingerprint density at radius 2 is 1.89 bits per heavy atom. The minimum absolute atomic E-state index is 0.399. The van der Waals surface area contributed by atoms with E-state index in [1.807, 2.05) is 0 Å². The molecular weight excluding hydrogens is 287 g/mol. The lowest BCUT2D eigenvalue weighted by Crippen LogP contribution is -2.12. The highest BCUT2D eigenvalue weighted by molar-refractivity contribution is 6.31. The fourth-order valence-corrected chi connectivity index (χ4v) is 1.61. The minimum atomic E-state index is -4.61. The molecule has 0 aliphatic rings. The number of carboxylic acids is 1. The van der Waals surface area contributed by atoms with Crippen LogP contribution < -0.4 is 0 Å². The summed E-state index contributed by atoms with van der Waals surface area (Å²) in [6, 6.07) is 4.51. The average Bonchev–Trinajstić information content (AvgIpc) is 2.70. The third kappa shape index (κ3) is 2.53. The third-order valence-electron chi connectivity index (χ3n) is 2.20. The maximum Gasteiger partial charge on any atom is 0.418 e. The van der Waals surface area contributed by atoms with Gasteiger partial charge in [-0.15, -0.1) is 15.0 Å². The lowest BCUT2D eigenvalue weighted by Gasteiger charge is -2.10. The SMILES string of the molecule is O=C(O)c1nn(-c2ccccc2C(F)(F)F)nc1Cl. The minimum Gasteiger partial charge on any atom is -0.476 e. The summed E-state index contributed by atoms with van der Waals surface area (Å²) in [7, 11) is 0. The number of hydrogen-bond acceptors (Lipinski definition) is 3. The molecule has 19 heavy (non-hydrogen) atoms. The van der Waals surface area contributed by atoms with Crippen LogP contribution in [0.4, 0.5) is 13.2 Å². The van der Waals surface area contributed by atoms with E-state index in [1.165, 1.54) is 12.1 Å². The van der Waals surface area contributed by atoms with Crippen molar-refractivity contribution in [3.63, 3.8) is 0 Å². The summed E-state index contributed by atoms with van der Waals surface area (Å²) in [6.07, 6.45) is -4.61. The maximum absolute atomic E-state index is 12.8. The molecule has 0 amide bonds. The van der Waals surface area contributed by atoms with Crippen LogP contribution >= 0.6 is 11.6 Å². The lowest BCUT2D eigenvalue weighted by molar-refractivity contribution is -0.137. The Labute approximate surface area is 109 Å². The molecule has 1 heterocycles. The number of aromatic nitrogens is 3. The van der Waals surface area contributed by atoms with Crippen LogP contribution in [0.1, 0.15) is 16.1 Å². The van der Waals surface area contributed by atoms with Gasteiger partial charge in [0, 0.05) is 0 Å². The van der Waals surface area contributed by atoms with Gasteiger partial charge in [0.1, 0.15) is 0 Å². The second-order valence-electron chi connectivity index (χ2n) is 3.45. The molecule has 0 saturated heterocycles. The lowest BCUT2D eigenvalue weighted by atomic mass is 10.2. The Morgan fingerprint density at radius 3 is 2.42 bits per heavy atom. The fraction of sp³-hybridized carbons (Fsp3) is 0.100. The number of benzene rings is 1. The highest BCUT2D eigenvalue weighted by Crippen LogP contribution is 2.33. The first-order valence-electron chi connectivity index (χ1n) is 4.83. The number of aromatic carboxylic acids is 1. The largest absolute Gasteiger partial charge is 0.476 e. The first-order valence-corrected chi connectivity index (χ1v) is 5.21. The molecule has 1 N–H and O–H groups in total. The summed E-state index contributed by atoms with van der Waals surface area (Å²) in [5.74, 6) is -1.47. The van der Waals surface area contributed by atoms with Crippen LogP contribution in [0.5, 0.6) is 0 Å². The second-order valence-corrected chi connectivity index (χ2v) is 3.81. The number of halogens is 4. The van der Waals surface area contributed by atoms with Crippen molar-refractivity contribution < 1.29 is 23.1 Å². The van der Waals surface area contributed by atoms with Crippen molar-refractivity contribution in [2.45, 2.75) is 6.18 Å². The second kappa shape index (κ2) is 4.54. The van der Waals surface area contributed by atoms with Gasteiger partial charge in [-0.25, -0.2) is 4.79 Å². The Hall–Kier alpha value is -2.09. The van der Waals surface area contributed by atoms with Crippen LogP contribution in [-0.2, 0) is 6.18 Å². The quantitative estimate of drug-likeness (QED) is 0.923. The summed E-state index contributed by atoms with van der Waals surface area (Å²) < 4.78 is 38.3. The number of carbonyl (C=O) groups is 1. The van der Waals surface area contributed by atoms with E-state index in [0.717, 1.165) is 12.1 Å². The molecule has 0 atom stereocenters. The summed E-state index contributed by atoms with van der Waals surface area (Å²) in [5.41, 5.74) is -2.00. The Kier molecular flexibility index (Phi) is 3.19. The van der Waals surface area contributed by atoms with E-state index in [2.05, 4.69) is 10.2 Å². The van der Waals surface area contributed by atoms with E-state index >= 15 is 0 Å². The highest BCUT2D eigenvalue weighted by atomic mass is 35.5. The molecule has 1 aromatic heterocycles. The molecule has 0 fully saturated rings. The van der Waals surface area contributed by atoms with E-state index < -0.39 is 34.2 Å². The zero-order valence-electron chi connectivity index (χ0n) is 9.02. The first kappa shape index (κ1) is 13.3. The standard InChI is InChI=1S/C10H5ClF3N3O2/c11-8-7(9(18)19)15-17(16-8)6-4-2-1-3-5(6)10(12,13)14/h1-4H,(H,18,19). The smallest absolute Gasteiger partial charge is 0.418 e. The molecule has 5 nitrogen and oxygen atoms in total. The summed E-state index contributed by atoms with van der Waals surface area (Å²) in [4.78, 5) is 11.3. The highest BCUT2D eigenvalue weighted by Gasteiger charge is 2.34. The fourth-order valence-electron chi connectivity index (χ4n) is 1.42. The zero-order valence-corrected chi connectivity index (χ0v) is 9.77. The number of rotatable bonds is 2. The number of carboxylic acid groups (broad SMARTS) is 1. The van der Waals surface area contributed by atoms with E-state index in [9.17, 15) is 18.0 Å². The predicted molar refractivity (Wildman–Crippen MR) is 58.3 cm³/mol. The maximum atomic E-state index is 12.8. The van der Waals surface area contributed by atoms with Gasteiger partial charge in [0.2, 0.25) is 5.69 Å². The Morgan fingerprint density at radius 1 is 1.26 bits per heavy atom. The van der Waals surface area contributed by atoms with Crippen LogP contribution in [0, 0.1) is 0 Å². The van der Waals surface area contributed by atoms with E-state index in [-0.39, 0.29) is 0 Å². The van der Waals surface area contributed by atoms with Crippen molar-refractivity contribution in [3.05, 3.63) is 40.7 Å². The van der Waals surface area contributed by atoms with Gasteiger partial charge in [-0.2, -0.15) is 13.2 Å². The molecule has 0 aliphatic carbocycles. The molecule has 0 aliphatic heterocycles. The molecular formula is C10H5ClF3N3O2. The first-order chi connectivity index (χ1) is 8.80. The van der Waals surface area contributed by atoms with Gasteiger partial charge in [0.15, 0.2) is 5.15 Å². The molecule has 0 unspecified atom stereocenters. The van der Waals surface area contributed by atoms with Gasteiger partial charge in [0.25, 0.3) is 0 Å². The monoisotopic (exact) mass is 291 g/mol. The molecule has 9 heteroatoms. The average molecular weight is 292 g/mol. The van der Waals surface area contributed by atoms with Crippen molar-refractivity contribution >= 4 is 17.6 Å². The van der Waals surface area contributed by atoms with Crippen LogP contribution in [0.3, 0.4) is 0 Å². The molecule has 0 radical (unpaired) electrons.